The van der Waals surface area contributed by atoms with Crippen LogP contribution >= 0.6 is 0 Å². The predicted molar refractivity (Wildman–Crippen MR) is 66.6 cm³/mol. The van der Waals surface area contributed by atoms with Crippen molar-refractivity contribution in [3.05, 3.63) is 29.8 Å². The highest BCUT2D eigenvalue weighted by Crippen LogP contribution is 2.36. The molecule has 17 heavy (non-hydrogen) atoms. The second kappa shape index (κ2) is 5.21. The number of benzene rings is 1. The van der Waals surface area contributed by atoms with E-state index in [0.29, 0.717) is 5.92 Å². The number of carbonyl (C=O) groups excluding carboxylic acids is 1. The van der Waals surface area contributed by atoms with E-state index in [9.17, 15) is 9.90 Å². The lowest BCUT2D eigenvalue weighted by atomic mass is 9.76. The minimum Gasteiger partial charge on any atom is -0.508 e. The number of amides is 1. The van der Waals surface area contributed by atoms with Crippen LogP contribution in [-0.2, 0) is 4.79 Å². The molecule has 0 aromatic heterocycles. The molecule has 0 spiro atoms. The molecular weight excluding hydrogens is 214 g/mol. The van der Waals surface area contributed by atoms with Crippen LogP contribution in [-0.4, -0.2) is 11.0 Å². The van der Waals surface area contributed by atoms with Crippen molar-refractivity contribution in [3.63, 3.8) is 0 Å². The van der Waals surface area contributed by atoms with Gasteiger partial charge in [0.15, 0.2) is 0 Å². The zero-order chi connectivity index (χ0) is 12.3. The van der Waals surface area contributed by atoms with Crippen molar-refractivity contribution < 1.29 is 9.90 Å². The minimum atomic E-state index is -0.248. The molecule has 0 bridgehead atoms. The Morgan fingerprint density at radius 1 is 1.18 bits per heavy atom. The molecule has 1 aromatic carbocycles. The first-order valence-electron chi connectivity index (χ1n) is 6.26. The SMILES string of the molecule is NC(=O)C(c1ccc(O)cc1)C1CCCCC1. The summed E-state index contributed by atoms with van der Waals surface area (Å²) in [5.41, 5.74) is 6.47. The van der Waals surface area contributed by atoms with Crippen molar-refractivity contribution in [2.45, 2.75) is 38.0 Å². The molecule has 0 aliphatic heterocycles. The molecule has 3 N–H and O–H groups in total. The average molecular weight is 233 g/mol. The zero-order valence-corrected chi connectivity index (χ0v) is 9.93. The van der Waals surface area contributed by atoms with E-state index in [-0.39, 0.29) is 17.6 Å². The molecular formula is C14H19NO2. The monoisotopic (exact) mass is 233 g/mol. The first-order chi connectivity index (χ1) is 8.18. The van der Waals surface area contributed by atoms with E-state index in [1.165, 1.54) is 19.3 Å². The smallest absolute Gasteiger partial charge is 0.225 e. The van der Waals surface area contributed by atoms with Gasteiger partial charge < -0.3 is 10.8 Å². The van der Waals surface area contributed by atoms with E-state index < -0.39 is 0 Å². The van der Waals surface area contributed by atoms with E-state index in [2.05, 4.69) is 0 Å². The lowest BCUT2D eigenvalue weighted by molar-refractivity contribution is -0.120. The van der Waals surface area contributed by atoms with E-state index in [0.717, 1.165) is 18.4 Å². The molecule has 92 valence electrons. The molecule has 0 saturated heterocycles. The fourth-order valence-corrected chi connectivity index (χ4v) is 2.82. The minimum absolute atomic E-state index is 0.198. The summed E-state index contributed by atoms with van der Waals surface area (Å²) in [6, 6.07) is 6.85. The summed E-state index contributed by atoms with van der Waals surface area (Å²) in [6.45, 7) is 0. The van der Waals surface area contributed by atoms with Crippen LogP contribution in [0.5, 0.6) is 5.75 Å². The average Bonchev–Trinajstić information content (AvgIpc) is 2.33. The Bertz CT molecular complexity index is 380. The number of phenols is 1. The van der Waals surface area contributed by atoms with Crippen LogP contribution in [0.1, 0.15) is 43.6 Å². The number of primary amides is 1. The maximum Gasteiger partial charge on any atom is 0.225 e. The van der Waals surface area contributed by atoms with Crippen LogP contribution in [0.15, 0.2) is 24.3 Å². The number of hydrogen-bond acceptors (Lipinski definition) is 2. The summed E-state index contributed by atoms with van der Waals surface area (Å²) in [5, 5.41) is 9.27. The van der Waals surface area contributed by atoms with E-state index in [4.69, 9.17) is 5.73 Å². The fourth-order valence-electron chi connectivity index (χ4n) is 2.82. The van der Waals surface area contributed by atoms with Crippen molar-refractivity contribution in [3.8, 4) is 5.75 Å². The molecule has 0 radical (unpaired) electrons. The van der Waals surface area contributed by atoms with Crippen molar-refractivity contribution in [1.82, 2.24) is 0 Å². The maximum absolute atomic E-state index is 11.6. The van der Waals surface area contributed by atoms with Crippen LogP contribution in [0.2, 0.25) is 0 Å². The Labute approximate surface area is 102 Å². The molecule has 3 nitrogen and oxygen atoms in total. The van der Waals surface area contributed by atoms with Crippen molar-refractivity contribution in [1.29, 1.82) is 0 Å². The summed E-state index contributed by atoms with van der Waals surface area (Å²) >= 11 is 0. The van der Waals surface area contributed by atoms with Crippen LogP contribution in [0.3, 0.4) is 0 Å². The first-order valence-corrected chi connectivity index (χ1v) is 6.26. The Morgan fingerprint density at radius 3 is 2.29 bits per heavy atom. The van der Waals surface area contributed by atoms with Crippen molar-refractivity contribution >= 4 is 5.91 Å². The van der Waals surface area contributed by atoms with Gasteiger partial charge in [0.25, 0.3) is 0 Å². The fraction of sp³-hybridized carbons (Fsp3) is 0.500. The van der Waals surface area contributed by atoms with Gasteiger partial charge in [-0.2, -0.15) is 0 Å². The normalized spacial score (nSPS) is 18.8. The standard InChI is InChI=1S/C14H19NO2/c15-14(17)13(10-4-2-1-3-5-10)11-6-8-12(16)9-7-11/h6-10,13,16H,1-5H2,(H2,15,17). The number of carbonyl (C=O) groups is 1. The van der Waals surface area contributed by atoms with Crippen LogP contribution in [0.4, 0.5) is 0 Å². The number of phenolic OH excluding ortho intramolecular Hbond substituents is 1. The van der Waals surface area contributed by atoms with Crippen LogP contribution < -0.4 is 5.73 Å². The van der Waals surface area contributed by atoms with Gasteiger partial charge in [0.1, 0.15) is 5.75 Å². The van der Waals surface area contributed by atoms with Crippen molar-refractivity contribution in [2.75, 3.05) is 0 Å². The second-order valence-electron chi connectivity index (χ2n) is 4.87. The molecule has 1 atom stereocenters. The molecule has 1 amide bonds. The largest absolute Gasteiger partial charge is 0.508 e. The summed E-state index contributed by atoms with van der Waals surface area (Å²) in [4.78, 5) is 11.6. The molecule has 1 aliphatic carbocycles. The number of nitrogens with two attached hydrogens (primary N) is 1. The lowest BCUT2D eigenvalue weighted by Crippen LogP contribution is -2.29. The van der Waals surface area contributed by atoms with Crippen LogP contribution in [0, 0.1) is 5.92 Å². The second-order valence-corrected chi connectivity index (χ2v) is 4.87. The van der Waals surface area contributed by atoms with Gasteiger partial charge in [-0.25, -0.2) is 0 Å². The van der Waals surface area contributed by atoms with Gasteiger partial charge in [-0.15, -0.1) is 0 Å². The van der Waals surface area contributed by atoms with Gasteiger partial charge in [-0.3, -0.25) is 4.79 Å². The third kappa shape index (κ3) is 2.78. The predicted octanol–water partition coefficient (Wildman–Crippen LogP) is 2.54. The Balaban J connectivity index is 2.21. The molecule has 1 unspecified atom stereocenters. The van der Waals surface area contributed by atoms with Gasteiger partial charge in [0.05, 0.1) is 5.92 Å². The Hall–Kier alpha value is -1.51. The number of rotatable bonds is 3. The molecule has 1 saturated carbocycles. The topological polar surface area (TPSA) is 63.3 Å². The zero-order valence-electron chi connectivity index (χ0n) is 9.93. The van der Waals surface area contributed by atoms with E-state index in [1.807, 2.05) is 0 Å². The van der Waals surface area contributed by atoms with Gasteiger partial charge in [0, 0.05) is 0 Å². The third-order valence-corrected chi connectivity index (χ3v) is 3.68. The summed E-state index contributed by atoms with van der Waals surface area (Å²) in [6.07, 6.45) is 5.79. The van der Waals surface area contributed by atoms with E-state index in [1.54, 1.807) is 24.3 Å². The quantitative estimate of drug-likeness (QED) is 0.842. The van der Waals surface area contributed by atoms with E-state index >= 15 is 0 Å². The number of aromatic hydroxyl groups is 1. The van der Waals surface area contributed by atoms with Crippen LogP contribution in [0.25, 0.3) is 0 Å². The highest BCUT2D eigenvalue weighted by atomic mass is 16.3. The third-order valence-electron chi connectivity index (χ3n) is 3.68. The summed E-state index contributed by atoms with van der Waals surface area (Å²) < 4.78 is 0. The van der Waals surface area contributed by atoms with Gasteiger partial charge in [-0.05, 0) is 36.5 Å². The summed E-state index contributed by atoms with van der Waals surface area (Å²) in [5.74, 6) is 0.143. The molecule has 1 aromatic rings. The summed E-state index contributed by atoms with van der Waals surface area (Å²) in [7, 11) is 0. The maximum atomic E-state index is 11.6. The highest BCUT2D eigenvalue weighted by molar-refractivity contribution is 5.82. The molecule has 0 heterocycles. The van der Waals surface area contributed by atoms with Crippen molar-refractivity contribution in [2.24, 2.45) is 11.7 Å². The van der Waals surface area contributed by atoms with Gasteiger partial charge in [0.2, 0.25) is 5.91 Å². The van der Waals surface area contributed by atoms with Gasteiger partial charge in [-0.1, -0.05) is 31.4 Å². The molecule has 1 aliphatic rings. The molecule has 3 heteroatoms. The first kappa shape index (κ1) is 12.0. The van der Waals surface area contributed by atoms with Gasteiger partial charge >= 0.3 is 0 Å². The lowest BCUT2D eigenvalue weighted by Gasteiger charge is -2.28. The Kier molecular flexibility index (Phi) is 3.67. The molecule has 1 fully saturated rings. The highest BCUT2D eigenvalue weighted by Gasteiger charge is 2.29. The Morgan fingerprint density at radius 2 is 1.76 bits per heavy atom. The molecule has 2 rings (SSSR count). The number of hydrogen-bond donors (Lipinski definition) is 2.